The van der Waals surface area contributed by atoms with Gasteiger partial charge in [0.05, 0.1) is 27.0 Å². The van der Waals surface area contributed by atoms with E-state index in [2.05, 4.69) is 20.3 Å². The van der Waals surface area contributed by atoms with Crippen LogP contribution < -0.4 is 24.4 Å². The second kappa shape index (κ2) is 8.43. The van der Waals surface area contributed by atoms with E-state index in [1.54, 1.807) is 45.9 Å². The summed E-state index contributed by atoms with van der Waals surface area (Å²) in [4.78, 5) is 15.2. The predicted molar refractivity (Wildman–Crippen MR) is 109 cm³/mol. The van der Waals surface area contributed by atoms with Crippen molar-refractivity contribution in [2.75, 3.05) is 45.6 Å². The van der Waals surface area contributed by atoms with Crippen LogP contribution in [0.3, 0.4) is 0 Å². The highest BCUT2D eigenvalue weighted by atomic mass is 16.5. The highest BCUT2D eigenvalue weighted by Gasteiger charge is 2.14. The van der Waals surface area contributed by atoms with Gasteiger partial charge >= 0.3 is 0 Å². The maximum absolute atomic E-state index is 5.38. The molecule has 3 aromatic rings. The summed E-state index contributed by atoms with van der Waals surface area (Å²) in [6.07, 6.45) is 3.49. The minimum absolute atomic E-state index is 0.448. The second-order valence-corrected chi connectivity index (χ2v) is 6.10. The van der Waals surface area contributed by atoms with Gasteiger partial charge in [-0.15, -0.1) is 0 Å². The van der Waals surface area contributed by atoms with E-state index in [-0.39, 0.29) is 0 Å². The molecule has 0 amide bonds. The van der Waals surface area contributed by atoms with Crippen molar-refractivity contribution in [1.29, 1.82) is 0 Å². The molecule has 146 valence electrons. The molecule has 0 aliphatic carbocycles. The second-order valence-electron chi connectivity index (χ2n) is 6.10. The Hall–Kier alpha value is -3.55. The van der Waals surface area contributed by atoms with Crippen LogP contribution in [0.4, 0.5) is 17.5 Å². The van der Waals surface area contributed by atoms with Crippen LogP contribution in [0.5, 0.6) is 17.2 Å². The van der Waals surface area contributed by atoms with Crippen molar-refractivity contribution >= 4 is 17.5 Å². The van der Waals surface area contributed by atoms with Crippen LogP contribution in [-0.2, 0) is 0 Å². The van der Waals surface area contributed by atoms with Crippen molar-refractivity contribution in [2.24, 2.45) is 0 Å². The van der Waals surface area contributed by atoms with Gasteiger partial charge in [-0.3, -0.25) is 0 Å². The van der Waals surface area contributed by atoms with Gasteiger partial charge in [0.15, 0.2) is 11.5 Å². The fourth-order valence-electron chi connectivity index (χ4n) is 2.66. The molecule has 0 spiro atoms. The lowest BCUT2D eigenvalue weighted by Crippen LogP contribution is -2.10. The third-order valence-corrected chi connectivity index (χ3v) is 4.08. The number of anilines is 3. The lowest BCUT2D eigenvalue weighted by Gasteiger charge is -2.15. The van der Waals surface area contributed by atoms with Gasteiger partial charge in [0, 0.05) is 49.9 Å². The highest BCUT2D eigenvalue weighted by Crippen LogP contribution is 2.40. The van der Waals surface area contributed by atoms with E-state index in [1.807, 2.05) is 37.2 Å². The first-order valence-electron chi connectivity index (χ1n) is 8.59. The Morgan fingerprint density at radius 1 is 0.893 bits per heavy atom. The third-order valence-electron chi connectivity index (χ3n) is 4.08. The van der Waals surface area contributed by atoms with E-state index in [0.29, 0.717) is 28.9 Å². The van der Waals surface area contributed by atoms with Gasteiger partial charge in [0.1, 0.15) is 5.82 Å². The number of hydrogen-bond acceptors (Lipinski definition) is 8. The smallest absolute Gasteiger partial charge is 0.227 e. The fourth-order valence-corrected chi connectivity index (χ4v) is 2.66. The van der Waals surface area contributed by atoms with E-state index in [1.165, 1.54) is 0 Å². The Bertz CT molecular complexity index is 920. The van der Waals surface area contributed by atoms with Gasteiger partial charge in [-0.2, -0.15) is 0 Å². The largest absolute Gasteiger partial charge is 0.493 e. The fraction of sp³-hybridized carbons (Fsp3) is 0.250. The normalized spacial score (nSPS) is 10.3. The monoisotopic (exact) mass is 381 g/mol. The minimum atomic E-state index is 0.448. The molecule has 28 heavy (non-hydrogen) atoms. The summed E-state index contributed by atoms with van der Waals surface area (Å²) in [5.74, 6) is 2.95. The topological polar surface area (TPSA) is 81.6 Å². The number of hydrogen-bond donors (Lipinski definition) is 1. The van der Waals surface area contributed by atoms with Crippen LogP contribution in [-0.4, -0.2) is 50.4 Å². The molecule has 3 rings (SSSR count). The summed E-state index contributed by atoms with van der Waals surface area (Å²) in [6.45, 7) is 0. The summed E-state index contributed by atoms with van der Waals surface area (Å²) < 4.78 is 16.1. The van der Waals surface area contributed by atoms with E-state index < -0.39 is 0 Å². The molecule has 2 heterocycles. The zero-order valence-electron chi connectivity index (χ0n) is 16.6. The first-order valence-corrected chi connectivity index (χ1v) is 8.59. The lowest BCUT2D eigenvalue weighted by atomic mass is 10.2. The maximum atomic E-state index is 5.38. The van der Waals surface area contributed by atoms with E-state index in [0.717, 1.165) is 17.1 Å². The minimum Gasteiger partial charge on any atom is -0.493 e. The van der Waals surface area contributed by atoms with Crippen molar-refractivity contribution in [3.8, 4) is 28.5 Å². The SMILES string of the molecule is COc1cc(Nc2nccc(-c3ccc(N(C)C)nc3)n2)cc(OC)c1OC. The summed E-state index contributed by atoms with van der Waals surface area (Å²) in [6, 6.07) is 9.36. The number of aromatic nitrogens is 3. The molecule has 0 aliphatic heterocycles. The molecule has 0 saturated carbocycles. The van der Waals surface area contributed by atoms with Gasteiger partial charge in [0.2, 0.25) is 11.7 Å². The molecule has 8 heteroatoms. The number of benzene rings is 1. The average molecular weight is 381 g/mol. The standard InChI is InChI=1S/C20H23N5O3/c1-25(2)18-7-6-13(12-22-18)15-8-9-21-20(24-15)23-14-10-16(26-3)19(28-5)17(11-14)27-4/h6-12H,1-5H3,(H,21,23,24). The van der Waals surface area contributed by atoms with Crippen molar-refractivity contribution in [1.82, 2.24) is 15.0 Å². The molecule has 0 fully saturated rings. The zero-order chi connectivity index (χ0) is 20.1. The maximum Gasteiger partial charge on any atom is 0.227 e. The lowest BCUT2D eigenvalue weighted by molar-refractivity contribution is 0.324. The quantitative estimate of drug-likeness (QED) is 0.667. The Morgan fingerprint density at radius 3 is 2.14 bits per heavy atom. The summed E-state index contributed by atoms with van der Waals surface area (Å²) in [5, 5.41) is 3.18. The van der Waals surface area contributed by atoms with Crippen molar-refractivity contribution < 1.29 is 14.2 Å². The molecular weight excluding hydrogens is 358 g/mol. The van der Waals surface area contributed by atoms with Gasteiger partial charge in [-0.05, 0) is 18.2 Å². The van der Waals surface area contributed by atoms with Gasteiger partial charge in [0.25, 0.3) is 0 Å². The van der Waals surface area contributed by atoms with Crippen LogP contribution >= 0.6 is 0 Å². The average Bonchev–Trinajstić information content (AvgIpc) is 2.73. The number of pyridine rings is 1. The van der Waals surface area contributed by atoms with Crippen LogP contribution in [0.15, 0.2) is 42.7 Å². The number of ether oxygens (including phenoxy) is 3. The van der Waals surface area contributed by atoms with Crippen molar-refractivity contribution in [2.45, 2.75) is 0 Å². The molecule has 0 bridgehead atoms. The molecule has 0 saturated heterocycles. The van der Waals surface area contributed by atoms with E-state index >= 15 is 0 Å². The summed E-state index contributed by atoms with van der Waals surface area (Å²) in [7, 11) is 8.61. The molecule has 0 unspecified atom stereocenters. The summed E-state index contributed by atoms with van der Waals surface area (Å²) >= 11 is 0. The number of nitrogens with one attached hydrogen (secondary N) is 1. The molecule has 0 radical (unpaired) electrons. The van der Waals surface area contributed by atoms with Gasteiger partial charge in [-0.25, -0.2) is 15.0 Å². The van der Waals surface area contributed by atoms with Crippen LogP contribution in [0.2, 0.25) is 0 Å². The Kier molecular flexibility index (Phi) is 5.78. The third kappa shape index (κ3) is 4.06. The van der Waals surface area contributed by atoms with Crippen molar-refractivity contribution in [3.63, 3.8) is 0 Å². The zero-order valence-corrected chi connectivity index (χ0v) is 16.6. The molecule has 0 atom stereocenters. The Labute approximate surface area is 164 Å². The first kappa shape index (κ1) is 19.2. The number of methoxy groups -OCH3 is 3. The molecule has 8 nitrogen and oxygen atoms in total. The van der Waals surface area contributed by atoms with Gasteiger partial charge in [-0.1, -0.05) is 0 Å². The van der Waals surface area contributed by atoms with Crippen LogP contribution in [0.1, 0.15) is 0 Å². The van der Waals surface area contributed by atoms with Crippen molar-refractivity contribution in [3.05, 3.63) is 42.7 Å². The summed E-state index contributed by atoms with van der Waals surface area (Å²) in [5.41, 5.74) is 2.39. The Balaban J connectivity index is 1.89. The van der Waals surface area contributed by atoms with Crippen LogP contribution in [0, 0.1) is 0 Å². The highest BCUT2D eigenvalue weighted by molar-refractivity contribution is 5.67. The molecule has 2 aromatic heterocycles. The molecule has 0 aliphatic rings. The number of rotatable bonds is 7. The molecule has 1 N–H and O–H groups in total. The first-order chi connectivity index (χ1) is 13.5. The predicted octanol–water partition coefficient (Wildman–Crippen LogP) is 3.37. The van der Waals surface area contributed by atoms with Crippen LogP contribution in [0.25, 0.3) is 11.3 Å². The Morgan fingerprint density at radius 2 is 1.61 bits per heavy atom. The van der Waals surface area contributed by atoms with E-state index in [4.69, 9.17) is 14.2 Å². The number of nitrogens with zero attached hydrogens (tertiary/aromatic N) is 4. The van der Waals surface area contributed by atoms with Gasteiger partial charge < -0.3 is 24.4 Å². The molecule has 1 aromatic carbocycles. The molecular formula is C20H23N5O3. The van der Waals surface area contributed by atoms with E-state index in [9.17, 15) is 0 Å².